The first-order valence-electron chi connectivity index (χ1n) is 7.35. The van der Waals surface area contributed by atoms with E-state index in [4.69, 9.17) is 0 Å². The second kappa shape index (κ2) is 8.00. The molecular formula is C14H24N4OS2. The zero-order valence-electron chi connectivity index (χ0n) is 12.7. The zero-order chi connectivity index (χ0) is 15.1. The number of rotatable bonds is 6. The molecule has 0 amide bonds. The van der Waals surface area contributed by atoms with Crippen LogP contribution in [-0.2, 0) is 6.42 Å². The van der Waals surface area contributed by atoms with Crippen molar-refractivity contribution in [3.8, 4) is 0 Å². The SMILES string of the molecule is CCNC(=NCC1(O)CCSC1)NCCc1ncc(C)s1. The lowest BCUT2D eigenvalue weighted by atomic mass is 10.1. The third-order valence-electron chi connectivity index (χ3n) is 3.26. The maximum absolute atomic E-state index is 10.3. The molecule has 0 aliphatic carbocycles. The van der Waals surface area contributed by atoms with Crippen LogP contribution in [0.5, 0.6) is 0 Å². The molecule has 1 aliphatic heterocycles. The third-order valence-corrected chi connectivity index (χ3v) is 5.47. The molecule has 1 aromatic rings. The minimum atomic E-state index is -0.626. The van der Waals surface area contributed by atoms with Crippen molar-refractivity contribution in [3.63, 3.8) is 0 Å². The largest absolute Gasteiger partial charge is 0.387 e. The van der Waals surface area contributed by atoms with E-state index in [2.05, 4.69) is 27.5 Å². The number of aryl methyl sites for hydroxylation is 1. The number of hydrogen-bond acceptors (Lipinski definition) is 5. The summed E-state index contributed by atoms with van der Waals surface area (Å²) in [5.41, 5.74) is -0.626. The van der Waals surface area contributed by atoms with Crippen LogP contribution in [0.1, 0.15) is 23.2 Å². The monoisotopic (exact) mass is 328 g/mol. The number of aromatic nitrogens is 1. The molecule has 1 aliphatic rings. The number of aliphatic imine (C=N–C) groups is 1. The van der Waals surface area contributed by atoms with Gasteiger partial charge in [0.1, 0.15) is 0 Å². The molecule has 0 bridgehead atoms. The molecule has 3 N–H and O–H groups in total. The number of thiazole rings is 1. The smallest absolute Gasteiger partial charge is 0.191 e. The molecule has 0 spiro atoms. The summed E-state index contributed by atoms with van der Waals surface area (Å²) in [5, 5.41) is 18.0. The second-order valence-corrected chi connectivity index (χ2v) is 7.69. The van der Waals surface area contributed by atoms with E-state index >= 15 is 0 Å². The van der Waals surface area contributed by atoms with E-state index in [0.717, 1.165) is 48.4 Å². The molecule has 21 heavy (non-hydrogen) atoms. The molecule has 0 saturated carbocycles. The molecule has 1 saturated heterocycles. The Morgan fingerprint density at radius 1 is 1.52 bits per heavy atom. The molecule has 2 rings (SSSR count). The molecular weight excluding hydrogens is 304 g/mol. The van der Waals surface area contributed by atoms with Gasteiger partial charge in [0.15, 0.2) is 5.96 Å². The van der Waals surface area contributed by atoms with Gasteiger partial charge in [0.25, 0.3) is 0 Å². The topological polar surface area (TPSA) is 69.5 Å². The van der Waals surface area contributed by atoms with Crippen molar-refractivity contribution in [1.82, 2.24) is 15.6 Å². The van der Waals surface area contributed by atoms with Gasteiger partial charge in [-0.2, -0.15) is 11.8 Å². The summed E-state index contributed by atoms with van der Waals surface area (Å²) in [4.78, 5) is 10.1. The van der Waals surface area contributed by atoms with Crippen molar-refractivity contribution < 1.29 is 5.11 Å². The van der Waals surface area contributed by atoms with Gasteiger partial charge >= 0.3 is 0 Å². The molecule has 118 valence electrons. The molecule has 1 atom stereocenters. The van der Waals surface area contributed by atoms with Crippen molar-refractivity contribution in [2.75, 3.05) is 31.1 Å². The number of hydrogen-bond donors (Lipinski definition) is 3. The van der Waals surface area contributed by atoms with Gasteiger partial charge in [-0.3, -0.25) is 4.99 Å². The molecule has 5 nitrogen and oxygen atoms in total. The van der Waals surface area contributed by atoms with Crippen LogP contribution in [0.25, 0.3) is 0 Å². The zero-order valence-corrected chi connectivity index (χ0v) is 14.3. The lowest BCUT2D eigenvalue weighted by Gasteiger charge is -2.19. The quantitative estimate of drug-likeness (QED) is 0.544. The van der Waals surface area contributed by atoms with E-state index in [1.165, 1.54) is 4.88 Å². The van der Waals surface area contributed by atoms with Gasteiger partial charge in [0, 0.05) is 36.3 Å². The second-order valence-electron chi connectivity index (χ2n) is 5.26. The Morgan fingerprint density at radius 3 is 3.00 bits per heavy atom. The number of nitrogens with one attached hydrogen (secondary N) is 2. The average molecular weight is 329 g/mol. The van der Waals surface area contributed by atoms with Crippen molar-refractivity contribution in [1.29, 1.82) is 0 Å². The van der Waals surface area contributed by atoms with Crippen LogP contribution in [0, 0.1) is 6.92 Å². The fourth-order valence-corrected chi connectivity index (χ4v) is 4.16. The van der Waals surface area contributed by atoms with Gasteiger partial charge in [-0.05, 0) is 26.0 Å². The predicted molar refractivity (Wildman–Crippen MR) is 91.4 cm³/mol. The molecule has 1 aromatic heterocycles. The van der Waals surface area contributed by atoms with E-state index in [1.807, 2.05) is 13.1 Å². The molecule has 2 heterocycles. The highest BCUT2D eigenvalue weighted by atomic mass is 32.2. The molecule has 1 unspecified atom stereocenters. The van der Waals surface area contributed by atoms with E-state index in [1.54, 1.807) is 23.1 Å². The number of aliphatic hydroxyl groups is 1. The normalized spacial score (nSPS) is 22.5. The van der Waals surface area contributed by atoms with Crippen LogP contribution in [0.2, 0.25) is 0 Å². The predicted octanol–water partition coefficient (Wildman–Crippen LogP) is 1.42. The van der Waals surface area contributed by atoms with Crippen LogP contribution in [0.15, 0.2) is 11.2 Å². The molecule has 0 radical (unpaired) electrons. The highest BCUT2D eigenvalue weighted by molar-refractivity contribution is 7.99. The average Bonchev–Trinajstić information content (AvgIpc) is 3.06. The van der Waals surface area contributed by atoms with Crippen molar-refractivity contribution in [2.45, 2.75) is 32.3 Å². The minimum absolute atomic E-state index is 0.464. The lowest BCUT2D eigenvalue weighted by Crippen LogP contribution is -2.40. The van der Waals surface area contributed by atoms with Gasteiger partial charge in [-0.25, -0.2) is 4.98 Å². The first kappa shape index (κ1) is 16.6. The van der Waals surface area contributed by atoms with Crippen molar-refractivity contribution in [2.24, 2.45) is 4.99 Å². The summed E-state index contributed by atoms with van der Waals surface area (Å²) >= 11 is 3.53. The Hall–Kier alpha value is -0.790. The first-order chi connectivity index (χ1) is 10.1. The van der Waals surface area contributed by atoms with E-state index in [-0.39, 0.29) is 0 Å². The van der Waals surface area contributed by atoms with Gasteiger partial charge in [-0.15, -0.1) is 11.3 Å². The maximum atomic E-state index is 10.3. The highest BCUT2D eigenvalue weighted by Gasteiger charge is 2.31. The van der Waals surface area contributed by atoms with E-state index in [9.17, 15) is 5.11 Å². The summed E-state index contributed by atoms with van der Waals surface area (Å²) in [6, 6.07) is 0. The molecule has 1 fully saturated rings. The summed E-state index contributed by atoms with van der Waals surface area (Å²) < 4.78 is 0. The van der Waals surface area contributed by atoms with Crippen LogP contribution in [0.4, 0.5) is 0 Å². The van der Waals surface area contributed by atoms with Crippen LogP contribution in [0.3, 0.4) is 0 Å². The Labute approximate surface area is 134 Å². The van der Waals surface area contributed by atoms with E-state index in [0.29, 0.717) is 6.54 Å². The van der Waals surface area contributed by atoms with Gasteiger partial charge < -0.3 is 15.7 Å². The van der Waals surface area contributed by atoms with Gasteiger partial charge in [0.05, 0.1) is 17.2 Å². The third kappa shape index (κ3) is 5.48. The van der Waals surface area contributed by atoms with Crippen LogP contribution in [-0.4, -0.2) is 52.8 Å². The van der Waals surface area contributed by atoms with E-state index < -0.39 is 5.60 Å². The van der Waals surface area contributed by atoms with Gasteiger partial charge in [-0.1, -0.05) is 0 Å². The summed E-state index contributed by atoms with van der Waals surface area (Å²) in [6.07, 6.45) is 3.63. The van der Waals surface area contributed by atoms with Crippen LogP contribution < -0.4 is 10.6 Å². The number of nitrogens with zero attached hydrogens (tertiary/aromatic N) is 2. The van der Waals surface area contributed by atoms with Crippen molar-refractivity contribution >= 4 is 29.1 Å². The number of thioether (sulfide) groups is 1. The Kier molecular flexibility index (Phi) is 6.32. The van der Waals surface area contributed by atoms with Gasteiger partial charge in [0.2, 0.25) is 0 Å². The summed E-state index contributed by atoms with van der Waals surface area (Å²) in [5.74, 6) is 2.59. The molecule has 7 heteroatoms. The summed E-state index contributed by atoms with van der Waals surface area (Å²) in [6.45, 7) is 6.19. The fraction of sp³-hybridized carbons (Fsp3) is 0.714. The highest BCUT2D eigenvalue weighted by Crippen LogP contribution is 2.27. The number of guanidine groups is 1. The summed E-state index contributed by atoms with van der Waals surface area (Å²) in [7, 11) is 0. The molecule has 0 aromatic carbocycles. The lowest BCUT2D eigenvalue weighted by molar-refractivity contribution is 0.0778. The maximum Gasteiger partial charge on any atom is 0.191 e. The van der Waals surface area contributed by atoms with Crippen LogP contribution >= 0.6 is 23.1 Å². The minimum Gasteiger partial charge on any atom is -0.387 e. The Bertz CT molecular complexity index is 469. The first-order valence-corrected chi connectivity index (χ1v) is 9.32. The Balaban J connectivity index is 1.80. The fourth-order valence-electron chi connectivity index (χ4n) is 2.09. The Morgan fingerprint density at radius 2 is 2.38 bits per heavy atom. The van der Waals surface area contributed by atoms with Crippen molar-refractivity contribution in [3.05, 3.63) is 16.1 Å². The standard InChI is InChI=1S/C14H24N4OS2/c1-3-15-13(18-9-14(19)5-7-20-10-14)16-6-4-12-17-8-11(2)21-12/h8,19H,3-7,9-10H2,1-2H3,(H2,15,16,18).